The van der Waals surface area contributed by atoms with Crippen LogP contribution in [-0.2, 0) is 25.7 Å². The van der Waals surface area contributed by atoms with Crippen molar-refractivity contribution in [3.05, 3.63) is 88.9 Å². The number of halogens is 3. The molecular weight excluding hydrogens is 429 g/mol. The third kappa shape index (κ3) is 4.39. The Morgan fingerprint density at radius 2 is 1.76 bits per heavy atom. The summed E-state index contributed by atoms with van der Waals surface area (Å²) in [5, 5.41) is 4.27. The first-order valence-corrected chi connectivity index (χ1v) is 10.6. The molecule has 0 bridgehead atoms. The van der Waals surface area contributed by atoms with Gasteiger partial charge in [-0.25, -0.2) is 9.97 Å². The van der Waals surface area contributed by atoms with Crippen LogP contribution in [0.15, 0.2) is 65.3 Å². The van der Waals surface area contributed by atoms with Gasteiger partial charge in [0, 0.05) is 54.5 Å². The summed E-state index contributed by atoms with van der Waals surface area (Å²) in [5.41, 5.74) is 4.78. The van der Waals surface area contributed by atoms with Crippen molar-refractivity contribution in [2.45, 2.75) is 32.6 Å². The lowest BCUT2D eigenvalue weighted by Gasteiger charge is -2.28. The van der Waals surface area contributed by atoms with Crippen LogP contribution in [0, 0.1) is 6.92 Å². The van der Waals surface area contributed by atoms with Gasteiger partial charge < -0.3 is 4.52 Å². The van der Waals surface area contributed by atoms with Gasteiger partial charge >= 0.3 is 6.18 Å². The molecule has 2 aromatic carbocycles. The Morgan fingerprint density at radius 3 is 2.48 bits per heavy atom. The lowest BCUT2D eigenvalue weighted by molar-refractivity contribution is -0.137. The summed E-state index contributed by atoms with van der Waals surface area (Å²) in [7, 11) is 0. The highest BCUT2D eigenvalue weighted by atomic mass is 19.4. The summed E-state index contributed by atoms with van der Waals surface area (Å²) in [6.45, 7) is 4.10. The smallest absolute Gasteiger partial charge is 0.361 e. The predicted octanol–water partition coefficient (Wildman–Crippen LogP) is 5.68. The maximum atomic E-state index is 12.8. The maximum absolute atomic E-state index is 12.8. The highest BCUT2D eigenvalue weighted by Crippen LogP contribution is 2.31. The third-order valence-electron chi connectivity index (χ3n) is 5.90. The minimum Gasteiger partial charge on any atom is -0.361 e. The van der Waals surface area contributed by atoms with E-state index in [9.17, 15) is 13.2 Å². The fraction of sp³-hybridized carbons (Fsp3) is 0.240. The topological polar surface area (TPSA) is 55.1 Å². The van der Waals surface area contributed by atoms with E-state index in [2.05, 4.69) is 20.0 Å². The third-order valence-corrected chi connectivity index (χ3v) is 5.90. The van der Waals surface area contributed by atoms with Crippen LogP contribution in [0.4, 0.5) is 13.2 Å². The second kappa shape index (κ2) is 8.44. The van der Waals surface area contributed by atoms with Gasteiger partial charge in [0.05, 0.1) is 11.3 Å². The molecular formula is C25H21F3N4O. The summed E-state index contributed by atoms with van der Waals surface area (Å²) in [4.78, 5) is 11.4. The number of aryl methyl sites for hydroxylation is 1. The van der Waals surface area contributed by atoms with Crippen molar-refractivity contribution in [2.24, 2.45) is 0 Å². The average molecular weight is 450 g/mol. The predicted molar refractivity (Wildman–Crippen MR) is 117 cm³/mol. The number of benzene rings is 2. The molecule has 33 heavy (non-hydrogen) atoms. The van der Waals surface area contributed by atoms with E-state index in [1.165, 1.54) is 12.1 Å². The van der Waals surface area contributed by atoms with Gasteiger partial charge in [0.1, 0.15) is 11.5 Å². The zero-order valence-electron chi connectivity index (χ0n) is 17.9. The molecule has 0 atom stereocenters. The van der Waals surface area contributed by atoms with E-state index in [1.54, 1.807) is 6.20 Å². The summed E-state index contributed by atoms with van der Waals surface area (Å²) in [6.07, 6.45) is -1.85. The molecule has 1 aliphatic heterocycles. The quantitative estimate of drug-likeness (QED) is 0.400. The standard InChI is InChI=1S/C25H21F3N4O/c1-16-21(23(31-33-16)17-5-3-2-4-6-17)15-32-12-11-22-19(14-32)13-29-24(30-22)18-7-9-20(10-8-18)25(26,27)28/h2-10,13H,11-12,14-15H2,1H3. The highest BCUT2D eigenvalue weighted by Gasteiger charge is 2.30. The minimum absolute atomic E-state index is 0.442. The van der Waals surface area contributed by atoms with Gasteiger partial charge in [-0.15, -0.1) is 0 Å². The number of rotatable bonds is 4. The van der Waals surface area contributed by atoms with E-state index < -0.39 is 11.7 Å². The molecule has 4 aromatic rings. The normalized spacial score (nSPS) is 14.3. The van der Waals surface area contributed by atoms with E-state index >= 15 is 0 Å². The Hall–Kier alpha value is -3.52. The molecule has 0 aliphatic carbocycles. The lowest BCUT2D eigenvalue weighted by atomic mass is 10.0. The average Bonchev–Trinajstić information content (AvgIpc) is 3.19. The van der Waals surface area contributed by atoms with Crippen molar-refractivity contribution >= 4 is 0 Å². The van der Waals surface area contributed by atoms with Crippen LogP contribution in [0.1, 0.15) is 28.1 Å². The van der Waals surface area contributed by atoms with Crippen molar-refractivity contribution < 1.29 is 17.7 Å². The van der Waals surface area contributed by atoms with Crippen molar-refractivity contribution in [3.63, 3.8) is 0 Å². The van der Waals surface area contributed by atoms with Crippen LogP contribution in [0.3, 0.4) is 0 Å². The molecule has 168 valence electrons. The van der Waals surface area contributed by atoms with Crippen LogP contribution in [0.2, 0.25) is 0 Å². The van der Waals surface area contributed by atoms with Gasteiger partial charge in [0.15, 0.2) is 5.82 Å². The van der Waals surface area contributed by atoms with E-state index in [0.717, 1.165) is 58.9 Å². The van der Waals surface area contributed by atoms with Gasteiger partial charge in [-0.2, -0.15) is 13.2 Å². The zero-order chi connectivity index (χ0) is 23.0. The zero-order valence-corrected chi connectivity index (χ0v) is 17.9. The van der Waals surface area contributed by atoms with Crippen LogP contribution >= 0.6 is 0 Å². The van der Waals surface area contributed by atoms with E-state index in [4.69, 9.17) is 4.52 Å². The summed E-state index contributed by atoms with van der Waals surface area (Å²) in [5.74, 6) is 1.24. The molecule has 0 saturated heterocycles. The maximum Gasteiger partial charge on any atom is 0.416 e. The van der Waals surface area contributed by atoms with Gasteiger partial charge in [-0.05, 0) is 19.1 Å². The van der Waals surface area contributed by atoms with E-state index in [1.807, 2.05) is 37.3 Å². The number of hydrogen-bond acceptors (Lipinski definition) is 5. The van der Waals surface area contributed by atoms with E-state index in [0.29, 0.717) is 24.5 Å². The van der Waals surface area contributed by atoms with Crippen molar-refractivity contribution in [2.75, 3.05) is 6.54 Å². The Bertz CT molecular complexity index is 1270. The minimum atomic E-state index is -4.36. The van der Waals surface area contributed by atoms with Gasteiger partial charge in [0.2, 0.25) is 0 Å². The van der Waals surface area contributed by atoms with E-state index in [-0.39, 0.29) is 0 Å². The fourth-order valence-corrected chi connectivity index (χ4v) is 4.08. The van der Waals surface area contributed by atoms with Gasteiger partial charge in [-0.1, -0.05) is 47.6 Å². The molecule has 0 amide bonds. The monoisotopic (exact) mass is 450 g/mol. The van der Waals surface area contributed by atoms with Crippen molar-refractivity contribution in [1.29, 1.82) is 0 Å². The van der Waals surface area contributed by atoms with Gasteiger partial charge in [-0.3, -0.25) is 4.90 Å². The highest BCUT2D eigenvalue weighted by molar-refractivity contribution is 5.63. The lowest BCUT2D eigenvalue weighted by Crippen LogP contribution is -2.31. The number of alkyl halides is 3. The number of hydrogen-bond donors (Lipinski definition) is 0. The van der Waals surface area contributed by atoms with Crippen molar-refractivity contribution in [1.82, 2.24) is 20.0 Å². The van der Waals surface area contributed by atoms with Gasteiger partial charge in [0.25, 0.3) is 0 Å². The summed E-state index contributed by atoms with van der Waals surface area (Å²) >= 11 is 0. The van der Waals surface area contributed by atoms with Crippen LogP contribution < -0.4 is 0 Å². The molecule has 5 nitrogen and oxygen atoms in total. The van der Waals surface area contributed by atoms with Crippen LogP contribution in [0.25, 0.3) is 22.6 Å². The molecule has 0 spiro atoms. The first-order chi connectivity index (χ1) is 15.9. The molecule has 0 unspecified atom stereocenters. The first-order valence-electron chi connectivity index (χ1n) is 10.6. The molecule has 2 aromatic heterocycles. The second-order valence-corrected chi connectivity index (χ2v) is 8.13. The van der Waals surface area contributed by atoms with Crippen LogP contribution in [-0.4, -0.2) is 26.6 Å². The molecule has 1 aliphatic rings. The SMILES string of the molecule is Cc1onc(-c2ccccc2)c1CN1CCc2nc(-c3ccc(C(F)(F)F)cc3)ncc2C1. The Kier molecular flexibility index (Phi) is 5.46. The molecule has 3 heterocycles. The molecule has 0 radical (unpaired) electrons. The fourth-order valence-electron chi connectivity index (χ4n) is 4.08. The molecule has 0 fully saturated rings. The molecule has 0 N–H and O–H groups in total. The first kappa shape index (κ1) is 21.3. The second-order valence-electron chi connectivity index (χ2n) is 8.13. The Labute approximate surface area is 188 Å². The summed E-state index contributed by atoms with van der Waals surface area (Å²) < 4.78 is 43.9. The molecule has 0 saturated carbocycles. The van der Waals surface area contributed by atoms with Crippen molar-refractivity contribution in [3.8, 4) is 22.6 Å². The Balaban J connectivity index is 1.33. The molecule has 5 rings (SSSR count). The largest absolute Gasteiger partial charge is 0.416 e. The number of aromatic nitrogens is 3. The Morgan fingerprint density at radius 1 is 1.00 bits per heavy atom. The summed E-state index contributed by atoms with van der Waals surface area (Å²) in [6, 6.07) is 14.9. The number of nitrogens with zero attached hydrogens (tertiary/aromatic N) is 4. The van der Waals surface area contributed by atoms with Crippen LogP contribution in [0.5, 0.6) is 0 Å². The molecule has 8 heteroatoms. The number of fused-ring (bicyclic) bond motifs is 1.